The first kappa shape index (κ1) is 12.6. The predicted octanol–water partition coefficient (Wildman–Crippen LogP) is -1.72. The van der Waals surface area contributed by atoms with Crippen LogP contribution in [0.15, 0.2) is 35.2 Å². The molecule has 0 heterocycles. The number of benzene rings is 1. The Bertz CT molecular complexity index is 327. The number of sulfonamides is 1. The fourth-order valence-electron chi connectivity index (χ4n) is 0.644. The van der Waals surface area contributed by atoms with E-state index in [-0.39, 0.29) is 34.5 Å². The molecule has 0 amide bonds. The third kappa shape index (κ3) is 3.16. The van der Waals surface area contributed by atoms with Gasteiger partial charge in [0.05, 0.1) is 4.90 Å². The van der Waals surface area contributed by atoms with E-state index >= 15 is 0 Å². The molecule has 0 saturated heterocycles. The fraction of sp³-hybridized carbons (Fsp3) is 0. The second-order valence-electron chi connectivity index (χ2n) is 1.89. The summed E-state index contributed by atoms with van der Waals surface area (Å²) in [5, 5.41) is 0. The van der Waals surface area contributed by atoms with E-state index in [0.717, 1.165) is 0 Å². The van der Waals surface area contributed by atoms with Crippen LogP contribution in [0.1, 0.15) is 0 Å². The molecule has 1 aromatic rings. The molecule has 6 heteroatoms. The Morgan fingerprint density at radius 3 is 2.08 bits per heavy atom. The van der Waals surface area contributed by atoms with Crippen molar-refractivity contribution in [3.05, 3.63) is 30.3 Å². The van der Waals surface area contributed by atoms with Crippen molar-refractivity contribution in [1.82, 2.24) is 3.75 Å². The van der Waals surface area contributed by atoms with Crippen LogP contribution < -0.4 is 33.3 Å². The zero-order chi connectivity index (χ0) is 8.32. The maximum atomic E-state index is 11.0. The van der Waals surface area contributed by atoms with E-state index in [2.05, 4.69) is 16.1 Å². The van der Waals surface area contributed by atoms with Crippen molar-refractivity contribution >= 4 is 26.2 Å². The van der Waals surface area contributed by atoms with Gasteiger partial charge in [0.15, 0.2) is 0 Å². The van der Waals surface area contributed by atoms with E-state index in [9.17, 15) is 8.42 Å². The van der Waals surface area contributed by atoms with Crippen LogP contribution in [0, 0.1) is 0 Å². The van der Waals surface area contributed by atoms with Crippen molar-refractivity contribution in [3.63, 3.8) is 0 Å². The Morgan fingerprint density at radius 1 is 1.17 bits per heavy atom. The molecular weight excluding hydrogens is 253 g/mol. The first-order valence-corrected chi connectivity index (χ1v) is 5.12. The predicted molar refractivity (Wildman–Crippen MR) is 45.7 cm³/mol. The van der Waals surface area contributed by atoms with Gasteiger partial charge in [-0.15, -0.1) is 3.75 Å². The molecule has 1 rings (SSSR count). The van der Waals surface area contributed by atoms with E-state index in [4.69, 9.17) is 0 Å². The smallest absolute Gasteiger partial charge is 0.206 e. The van der Waals surface area contributed by atoms with Gasteiger partial charge in [-0.3, -0.25) is 0 Å². The van der Waals surface area contributed by atoms with Crippen molar-refractivity contribution in [2.75, 3.05) is 0 Å². The number of halogens is 1. The van der Waals surface area contributed by atoms with Crippen molar-refractivity contribution in [2.45, 2.75) is 4.90 Å². The Morgan fingerprint density at radius 2 is 1.67 bits per heavy atom. The van der Waals surface area contributed by atoms with Crippen LogP contribution in [0.3, 0.4) is 0 Å². The van der Waals surface area contributed by atoms with Crippen molar-refractivity contribution in [3.8, 4) is 0 Å². The molecule has 60 valence electrons. The molecule has 12 heavy (non-hydrogen) atoms. The van der Waals surface area contributed by atoms with Gasteiger partial charge in [-0.05, 0) is 12.1 Å². The third-order valence-corrected chi connectivity index (χ3v) is 3.53. The van der Waals surface area contributed by atoms with E-state index in [1.54, 1.807) is 18.2 Å². The molecule has 0 bridgehead atoms. The Balaban J connectivity index is 0.00000121. The summed E-state index contributed by atoms with van der Waals surface area (Å²) in [4.78, 5) is 0.247. The van der Waals surface area contributed by atoms with Crippen LogP contribution >= 0.6 is 16.1 Å². The summed E-state index contributed by atoms with van der Waals surface area (Å²) >= 11 is 2.67. The minimum absolute atomic E-state index is 0. The maximum Gasteiger partial charge on any atom is 1.00 e. The SMILES string of the molecule is O=S(=O)(NBr)c1ccccc1.[Na+]. The first-order valence-electron chi connectivity index (χ1n) is 2.84. The van der Waals surface area contributed by atoms with E-state index < -0.39 is 10.0 Å². The standard InChI is InChI=1S/C6H6BrNO2S.Na/c7-8-11(9,10)6-4-2-1-3-5-6;/h1-5,8H;/q;+1. The minimum Gasteiger partial charge on any atom is -0.206 e. The average Bonchev–Trinajstić information content (AvgIpc) is 2.06. The molecule has 0 unspecified atom stereocenters. The number of hydrogen-bond donors (Lipinski definition) is 1. The normalized spacial score (nSPS) is 10.4. The van der Waals surface area contributed by atoms with Gasteiger partial charge in [0.2, 0.25) is 10.0 Å². The third-order valence-electron chi connectivity index (χ3n) is 1.16. The molecule has 1 aromatic carbocycles. The molecule has 3 nitrogen and oxygen atoms in total. The second kappa shape index (κ2) is 5.36. The van der Waals surface area contributed by atoms with Crippen LogP contribution in [0.2, 0.25) is 0 Å². The van der Waals surface area contributed by atoms with Crippen molar-refractivity contribution in [1.29, 1.82) is 0 Å². The van der Waals surface area contributed by atoms with Crippen LogP contribution in [0.4, 0.5) is 0 Å². The van der Waals surface area contributed by atoms with Gasteiger partial charge in [0.1, 0.15) is 0 Å². The molecule has 0 aliphatic rings. The zero-order valence-corrected chi connectivity index (χ0v) is 10.9. The van der Waals surface area contributed by atoms with Gasteiger partial charge in [-0.25, -0.2) is 8.42 Å². The molecule has 0 fully saturated rings. The maximum absolute atomic E-state index is 11.0. The molecule has 0 saturated carbocycles. The number of rotatable bonds is 2. The zero-order valence-electron chi connectivity index (χ0n) is 6.49. The first-order chi connectivity index (χ1) is 5.17. The van der Waals surface area contributed by atoms with Crippen LogP contribution in [-0.4, -0.2) is 8.42 Å². The quantitative estimate of drug-likeness (QED) is 0.507. The Kier molecular flexibility index (Phi) is 5.64. The second-order valence-corrected chi connectivity index (χ2v) is 4.50. The van der Waals surface area contributed by atoms with Gasteiger partial charge in [0.25, 0.3) is 0 Å². The monoisotopic (exact) mass is 258 g/mol. The van der Waals surface area contributed by atoms with Gasteiger partial charge < -0.3 is 0 Å². The van der Waals surface area contributed by atoms with Gasteiger partial charge in [-0.2, -0.15) is 0 Å². The molecule has 0 aromatic heterocycles. The van der Waals surface area contributed by atoms with E-state index in [1.807, 2.05) is 3.75 Å². The van der Waals surface area contributed by atoms with Crippen molar-refractivity contribution < 1.29 is 38.0 Å². The van der Waals surface area contributed by atoms with Crippen LogP contribution in [-0.2, 0) is 10.0 Å². The summed E-state index contributed by atoms with van der Waals surface area (Å²) in [6, 6.07) is 8.12. The minimum atomic E-state index is -3.33. The van der Waals surface area contributed by atoms with Crippen LogP contribution in [0.25, 0.3) is 0 Å². The molecular formula is C6H6BrNNaO2S+. The van der Waals surface area contributed by atoms with E-state index in [0.29, 0.717) is 0 Å². The molecule has 0 radical (unpaired) electrons. The summed E-state index contributed by atoms with van der Waals surface area (Å²) in [7, 11) is -3.33. The van der Waals surface area contributed by atoms with Gasteiger partial charge >= 0.3 is 29.6 Å². The summed E-state index contributed by atoms with van der Waals surface area (Å²) in [6.07, 6.45) is 0. The fourth-order valence-corrected chi connectivity index (χ4v) is 1.81. The Hall–Kier alpha value is 0.610. The number of nitrogens with one attached hydrogen (secondary N) is 1. The Labute approximate surface area is 102 Å². The molecule has 0 aliphatic heterocycles. The topological polar surface area (TPSA) is 46.2 Å². The molecule has 1 N–H and O–H groups in total. The summed E-state index contributed by atoms with van der Waals surface area (Å²) < 4.78 is 24.1. The van der Waals surface area contributed by atoms with E-state index in [1.165, 1.54) is 12.1 Å². The van der Waals surface area contributed by atoms with Gasteiger partial charge in [-0.1, -0.05) is 18.2 Å². The van der Waals surface area contributed by atoms with Crippen molar-refractivity contribution in [2.24, 2.45) is 0 Å². The van der Waals surface area contributed by atoms with Crippen LogP contribution in [0.5, 0.6) is 0 Å². The van der Waals surface area contributed by atoms with Gasteiger partial charge in [0, 0.05) is 16.1 Å². The molecule has 0 spiro atoms. The summed E-state index contributed by atoms with van der Waals surface area (Å²) in [5.41, 5.74) is 0. The molecule has 0 aliphatic carbocycles. The molecule has 0 atom stereocenters. The largest absolute Gasteiger partial charge is 1.00 e. The number of hydrogen-bond acceptors (Lipinski definition) is 2. The average molecular weight is 259 g/mol. The summed E-state index contributed by atoms with van der Waals surface area (Å²) in [5.74, 6) is 0. The summed E-state index contributed by atoms with van der Waals surface area (Å²) in [6.45, 7) is 0.